The summed E-state index contributed by atoms with van der Waals surface area (Å²) >= 11 is 7.77. The highest BCUT2D eigenvalue weighted by Gasteiger charge is 2.40. The molecule has 3 aromatic heterocycles. The number of fused-ring (bicyclic) bond motifs is 2. The molecular weight excluding hydrogens is 515 g/mol. The van der Waals surface area contributed by atoms with E-state index in [1.165, 1.54) is 6.07 Å². The van der Waals surface area contributed by atoms with E-state index in [1.54, 1.807) is 0 Å². The number of carboxylic acids is 1. The van der Waals surface area contributed by atoms with E-state index < -0.39 is 23.4 Å². The van der Waals surface area contributed by atoms with Crippen molar-refractivity contribution in [1.82, 2.24) is 30.2 Å². The number of aromatic amines is 3. The number of halogens is 4. The number of aliphatic carboxylic acids is 1. The van der Waals surface area contributed by atoms with Crippen molar-refractivity contribution in [3.63, 3.8) is 0 Å². The molecule has 2 aliphatic rings. The van der Waals surface area contributed by atoms with Crippen molar-refractivity contribution in [2.75, 3.05) is 24.5 Å². The number of aryl methyl sites for hydroxylation is 1. The first-order chi connectivity index (χ1) is 16.5. The third-order valence-electron chi connectivity index (χ3n) is 5.54. The van der Waals surface area contributed by atoms with Crippen LogP contribution in [0.1, 0.15) is 12.6 Å². The molecular formula is C19H19ClF3N7O4S. The first-order valence-corrected chi connectivity index (χ1v) is 11.5. The Balaban J connectivity index is 0.000000364. The average Bonchev–Trinajstić information content (AvgIpc) is 3.22. The molecule has 35 heavy (non-hydrogen) atoms. The number of H-pyrrole nitrogens is 3. The predicted octanol–water partition coefficient (Wildman–Crippen LogP) is 1.74. The molecule has 2 atom stereocenters. The van der Waals surface area contributed by atoms with Crippen LogP contribution in [0.4, 0.5) is 19.0 Å². The lowest BCUT2D eigenvalue weighted by Crippen LogP contribution is -2.51. The highest BCUT2D eigenvalue weighted by atomic mass is 35.5. The second kappa shape index (κ2) is 9.54. The molecule has 2 fully saturated rings. The summed E-state index contributed by atoms with van der Waals surface area (Å²) in [5.41, 5.74) is 0.550. The second-order valence-electron chi connectivity index (χ2n) is 7.86. The summed E-state index contributed by atoms with van der Waals surface area (Å²) in [5, 5.41) is 12.9. The molecule has 2 unspecified atom stereocenters. The Morgan fingerprint density at radius 1 is 1.26 bits per heavy atom. The summed E-state index contributed by atoms with van der Waals surface area (Å²) in [6, 6.07) is 1.80. The Morgan fingerprint density at radius 2 is 1.97 bits per heavy atom. The number of aromatic nitrogens is 5. The van der Waals surface area contributed by atoms with Crippen molar-refractivity contribution in [2.24, 2.45) is 5.92 Å². The van der Waals surface area contributed by atoms with E-state index in [0.29, 0.717) is 32.8 Å². The lowest BCUT2D eigenvalue weighted by molar-refractivity contribution is -0.192. The molecule has 11 nitrogen and oxygen atoms in total. The molecule has 0 bridgehead atoms. The van der Waals surface area contributed by atoms with Gasteiger partial charge in [-0.1, -0.05) is 18.5 Å². The van der Waals surface area contributed by atoms with Crippen LogP contribution in [-0.4, -0.2) is 67.8 Å². The van der Waals surface area contributed by atoms with Gasteiger partial charge in [-0.05, 0) is 18.2 Å². The average molecular weight is 534 g/mol. The topological polar surface area (TPSA) is 160 Å². The predicted molar refractivity (Wildman–Crippen MR) is 121 cm³/mol. The van der Waals surface area contributed by atoms with Crippen LogP contribution in [-0.2, 0) is 11.2 Å². The number of carboxylic acid groups (broad SMARTS) is 1. The van der Waals surface area contributed by atoms with E-state index in [1.807, 2.05) is 6.92 Å². The van der Waals surface area contributed by atoms with Gasteiger partial charge in [-0.3, -0.25) is 9.78 Å². The van der Waals surface area contributed by atoms with Crippen molar-refractivity contribution < 1.29 is 23.1 Å². The third kappa shape index (κ3) is 5.31. The van der Waals surface area contributed by atoms with Crippen molar-refractivity contribution in [3.8, 4) is 0 Å². The van der Waals surface area contributed by atoms with Gasteiger partial charge in [0.05, 0.1) is 15.4 Å². The zero-order valence-electron chi connectivity index (χ0n) is 18.0. The summed E-state index contributed by atoms with van der Waals surface area (Å²) in [6.45, 7) is 4.83. The zero-order chi connectivity index (χ0) is 25.5. The van der Waals surface area contributed by atoms with Gasteiger partial charge < -0.3 is 25.3 Å². The summed E-state index contributed by atoms with van der Waals surface area (Å²) in [5.74, 6) is -1.35. The molecule has 2 saturated heterocycles. The van der Waals surface area contributed by atoms with Crippen molar-refractivity contribution in [2.45, 2.75) is 35.7 Å². The Kier molecular flexibility index (Phi) is 6.83. The Bertz CT molecular complexity index is 1350. The van der Waals surface area contributed by atoms with E-state index in [-0.39, 0.29) is 0 Å². The van der Waals surface area contributed by atoms with Gasteiger partial charge in [-0.25, -0.2) is 19.6 Å². The molecule has 5 heterocycles. The number of alkyl halides is 3. The molecule has 16 heteroatoms. The van der Waals surface area contributed by atoms with E-state index in [4.69, 9.17) is 26.5 Å². The highest BCUT2D eigenvalue weighted by molar-refractivity contribution is 7.99. The maximum Gasteiger partial charge on any atom is 0.490 e. The molecule has 5 N–H and O–H groups in total. The quantitative estimate of drug-likeness (QED) is 0.248. The monoisotopic (exact) mass is 533 g/mol. The molecule has 188 valence electrons. The molecule has 0 amide bonds. The van der Waals surface area contributed by atoms with Crippen LogP contribution < -0.4 is 21.5 Å². The summed E-state index contributed by atoms with van der Waals surface area (Å²) in [4.78, 5) is 51.6. The Morgan fingerprint density at radius 3 is 2.49 bits per heavy atom. The lowest BCUT2D eigenvalue weighted by Gasteiger charge is -2.29. The van der Waals surface area contributed by atoms with Crippen molar-refractivity contribution in [3.05, 3.63) is 37.6 Å². The van der Waals surface area contributed by atoms with Gasteiger partial charge in [0.15, 0.2) is 5.16 Å². The van der Waals surface area contributed by atoms with Gasteiger partial charge in [0.2, 0.25) is 0 Å². The van der Waals surface area contributed by atoms with Gasteiger partial charge in [-0.15, -0.1) is 0 Å². The number of nitrogens with zero attached hydrogens (tertiary/aromatic N) is 3. The fourth-order valence-corrected chi connectivity index (χ4v) is 4.94. The largest absolute Gasteiger partial charge is 0.490 e. The van der Waals surface area contributed by atoms with Gasteiger partial charge in [0.25, 0.3) is 5.56 Å². The standard InChI is InChI=1S/C17H18ClN7O2S.C2HF3O2/c1-2-8-13(18)12-14(20-8)23-17(28-11-3-10(26)21-16(27)22-11)24-15(12)25-5-7-4-19-9(7)6-25;3-2(4,5)1(6)7/h3,7,9,19H,2,4-6H2,1H3,(H,20,23,24)(H2,21,22,26,27);(H,6,7). The van der Waals surface area contributed by atoms with Crippen LogP contribution in [0.15, 0.2) is 25.8 Å². The maximum atomic E-state index is 11.6. The SMILES string of the molecule is CCc1[nH]c2nc(Sc3cc(=O)[nH]c(=O)[nH]3)nc(N3CC4CNC4C3)c2c1Cl.O=C(O)C(F)(F)F. The van der Waals surface area contributed by atoms with Crippen LogP contribution in [0.25, 0.3) is 11.0 Å². The van der Waals surface area contributed by atoms with E-state index in [9.17, 15) is 22.8 Å². The highest BCUT2D eigenvalue weighted by Crippen LogP contribution is 2.38. The maximum absolute atomic E-state index is 11.6. The fraction of sp³-hybridized carbons (Fsp3) is 0.421. The van der Waals surface area contributed by atoms with Gasteiger partial charge in [0.1, 0.15) is 11.5 Å². The van der Waals surface area contributed by atoms with E-state index in [2.05, 4.69) is 30.2 Å². The minimum Gasteiger partial charge on any atom is -0.475 e. The molecule has 0 saturated carbocycles. The Labute approximate surface area is 203 Å². The summed E-state index contributed by atoms with van der Waals surface area (Å²) in [7, 11) is 0. The van der Waals surface area contributed by atoms with Crippen LogP contribution in [0.5, 0.6) is 0 Å². The van der Waals surface area contributed by atoms with Crippen LogP contribution in [0.2, 0.25) is 5.02 Å². The molecule has 3 aromatic rings. The normalized spacial score (nSPS) is 19.2. The zero-order valence-corrected chi connectivity index (χ0v) is 19.6. The molecule has 0 spiro atoms. The van der Waals surface area contributed by atoms with Crippen molar-refractivity contribution in [1.29, 1.82) is 0 Å². The minimum atomic E-state index is -5.08. The van der Waals surface area contributed by atoms with Gasteiger partial charge >= 0.3 is 17.8 Å². The van der Waals surface area contributed by atoms with Gasteiger partial charge in [0, 0.05) is 43.4 Å². The number of anilines is 1. The number of carbonyl (C=O) groups is 1. The van der Waals surface area contributed by atoms with E-state index in [0.717, 1.165) is 54.7 Å². The number of rotatable bonds is 4. The van der Waals surface area contributed by atoms with Gasteiger partial charge in [-0.2, -0.15) is 13.2 Å². The summed E-state index contributed by atoms with van der Waals surface area (Å²) in [6.07, 6.45) is -4.33. The number of hydrogen-bond donors (Lipinski definition) is 5. The van der Waals surface area contributed by atoms with Crippen LogP contribution >= 0.6 is 23.4 Å². The first kappa shape index (κ1) is 25.1. The van der Waals surface area contributed by atoms with Crippen LogP contribution in [0, 0.1) is 5.92 Å². The molecule has 0 aromatic carbocycles. The molecule has 2 aliphatic heterocycles. The van der Waals surface area contributed by atoms with E-state index >= 15 is 0 Å². The lowest BCUT2D eigenvalue weighted by atomic mass is 9.96. The summed E-state index contributed by atoms with van der Waals surface area (Å²) < 4.78 is 31.7. The first-order valence-electron chi connectivity index (χ1n) is 10.3. The molecule has 5 rings (SSSR count). The third-order valence-corrected chi connectivity index (χ3v) is 6.76. The Hall–Kier alpha value is -3.04. The second-order valence-corrected chi connectivity index (χ2v) is 9.25. The van der Waals surface area contributed by atoms with Crippen molar-refractivity contribution >= 4 is 46.2 Å². The number of nitrogens with one attached hydrogen (secondary N) is 4. The fourth-order valence-electron chi connectivity index (χ4n) is 3.81. The molecule has 0 aliphatic carbocycles. The van der Waals surface area contributed by atoms with Crippen LogP contribution in [0.3, 0.4) is 0 Å². The number of hydrogen-bond acceptors (Lipinski definition) is 8. The minimum absolute atomic E-state index is 0.385. The smallest absolute Gasteiger partial charge is 0.475 e. The molecule has 0 radical (unpaired) electrons.